The molecule has 0 aliphatic carbocycles. The predicted molar refractivity (Wildman–Crippen MR) is 121 cm³/mol. The summed E-state index contributed by atoms with van der Waals surface area (Å²) in [4.78, 5) is 4.67. The average Bonchev–Trinajstić information content (AvgIpc) is 3.06. The molecule has 2 aromatic rings. The average molecular weight is 419 g/mol. The van der Waals surface area contributed by atoms with Gasteiger partial charge in [0.05, 0.1) is 6.10 Å². The molecule has 8 heteroatoms. The van der Waals surface area contributed by atoms with E-state index in [1.54, 1.807) is 0 Å². The molecule has 1 aromatic heterocycles. The molecule has 29 heavy (non-hydrogen) atoms. The molecule has 0 spiro atoms. The molecular formula is C21H34N6OS. The number of ether oxygens (including phenoxy) is 1. The van der Waals surface area contributed by atoms with Crippen molar-refractivity contribution < 1.29 is 4.74 Å². The maximum Gasteiger partial charge on any atom is 0.191 e. The molecule has 2 rings (SSSR count). The van der Waals surface area contributed by atoms with Crippen molar-refractivity contribution in [2.24, 2.45) is 12.0 Å². The third-order valence-electron chi connectivity index (χ3n) is 4.63. The van der Waals surface area contributed by atoms with Crippen molar-refractivity contribution >= 4 is 17.7 Å². The van der Waals surface area contributed by atoms with E-state index in [4.69, 9.17) is 4.74 Å². The van der Waals surface area contributed by atoms with Gasteiger partial charge in [0, 0.05) is 26.7 Å². The fraction of sp³-hybridized carbons (Fsp3) is 0.571. The van der Waals surface area contributed by atoms with Gasteiger partial charge in [0.15, 0.2) is 11.8 Å². The van der Waals surface area contributed by atoms with E-state index in [0.29, 0.717) is 13.2 Å². The summed E-state index contributed by atoms with van der Waals surface area (Å²) in [5, 5.41) is 15.1. The van der Waals surface area contributed by atoms with Crippen molar-refractivity contribution in [1.82, 2.24) is 25.4 Å². The summed E-state index contributed by atoms with van der Waals surface area (Å²) in [6.45, 7) is 6.92. The first-order valence-corrected chi connectivity index (χ1v) is 11.5. The second-order valence-corrected chi connectivity index (χ2v) is 7.85. The number of aromatic nitrogens is 3. The molecule has 0 fully saturated rings. The molecule has 1 atom stereocenters. The number of rotatable bonds is 12. The maximum absolute atomic E-state index is 5.95. The first kappa shape index (κ1) is 23.2. The third kappa shape index (κ3) is 8.45. The minimum Gasteiger partial charge on any atom is -0.374 e. The molecule has 0 aliphatic heterocycles. The third-order valence-corrected chi connectivity index (χ3v) is 5.33. The number of hydrogen-bond donors (Lipinski definition) is 2. The van der Waals surface area contributed by atoms with Gasteiger partial charge in [-0.05, 0) is 44.3 Å². The Kier molecular flexibility index (Phi) is 10.6. The molecule has 0 saturated carbocycles. The highest BCUT2D eigenvalue weighted by Gasteiger charge is 2.06. The largest absolute Gasteiger partial charge is 0.374 e. The van der Waals surface area contributed by atoms with E-state index >= 15 is 0 Å². The SMILES string of the molecule is CSCCCNC(=NCc1nnc(C)n1C)NCCCOC(C)c1ccccc1. The Morgan fingerprint density at radius 2 is 1.90 bits per heavy atom. The van der Waals surface area contributed by atoms with Crippen LogP contribution in [-0.4, -0.2) is 52.4 Å². The number of aliphatic imine (C=N–C) groups is 1. The fourth-order valence-electron chi connectivity index (χ4n) is 2.70. The van der Waals surface area contributed by atoms with Gasteiger partial charge in [0.2, 0.25) is 0 Å². The van der Waals surface area contributed by atoms with Crippen LogP contribution in [0.25, 0.3) is 0 Å². The molecule has 160 valence electrons. The Labute approximate surface area is 178 Å². The smallest absolute Gasteiger partial charge is 0.191 e. The molecule has 0 radical (unpaired) electrons. The summed E-state index contributed by atoms with van der Waals surface area (Å²) in [5.74, 6) is 3.69. The Hall–Kier alpha value is -2.06. The predicted octanol–water partition coefficient (Wildman–Crippen LogP) is 3.08. The molecule has 0 bridgehead atoms. The molecule has 0 aliphatic rings. The van der Waals surface area contributed by atoms with Crippen LogP contribution in [0, 0.1) is 6.92 Å². The molecule has 0 saturated heterocycles. The monoisotopic (exact) mass is 418 g/mol. The van der Waals surface area contributed by atoms with E-state index in [9.17, 15) is 0 Å². The highest BCUT2D eigenvalue weighted by molar-refractivity contribution is 7.98. The topological polar surface area (TPSA) is 76.4 Å². The highest BCUT2D eigenvalue weighted by Crippen LogP contribution is 2.15. The van der Waals surface area contributed by atoms with E-state index in [1.807, 2.05) is 48.5 Å². The molecule has 1 heterocycles. The molecular weight excluding hydrogens is 384 g/mol. The van der Waals surface area contributed by atoms with Crippen LogP contribution in [0.4, 0.5) is 0 Å². The Balaban J connectivity index is 1.77. The van der Waals surface area contributed by atoms with Crippen LogP contribution in [0.15, 0.2) is 35.3 Å². The number of hydrogen-bond acceptors (Lipinski definition) is 5. The zero-order valence-corrected chi connectivity index (χ0v) is 18.8. The molecule has 1 aromatic carbocycles. The van der Waals surface area contributed by atoms with E-state index in [2.05, 4.69) is 51.1 Å². The van der Waals surface area contributed by atoms with Crippen LogP contribution in [0.3, 0.4) is 0 Å². The van der Waals surface area contributed by atoms with E-state index in [-0.39, 0.29) is 6.10 Å². The summed E-state index contributed by atoms with van der Waals surface area (Å²) < 4.78 is 7.91. The summed E-state index contributed by atoms with van der Waals surface area (Å²) in [6, 6.07) is 10.3. The van der Waals surface area contributed by atoms with Gasteiger partial charge in [-0.2, -0.15) is 11.8 Å². The van der Waals surface area contributed by atoms with Gasteiger partial charge < -0.3 is 19.9 Å². The summed E-state index contributed by atoms with van der Waals surface area (Å²) in [6.07, 6.45) is 4.24. The lowest BCUT2D eigenvalue weighted by Crippen LogP contribution is -2.39. The molecule has 0 amide bonds. The van der Waals surface area contributed by atoms with Crippen molar-refractivity contribution in [3.05, 3.63) is 47.5 Å². The van der Waals surface area contributed by atoms with Gasteiger partial charge in [-0.1, -0.05) is 30.3 Å². The maximum atomic E-state index is 5.95. The second-order valence-electron chi connectivity index (χ2n) is 6.86. The van der Waals surface area contributed by atoms with Gasteiger partial charge in [-0.25, -0.2) is 4.99 Å². The first-order valence-electron chi connectivity index (χ1n) is 10.1. The van der Waals surface area contributed by atoms with Crippen LogP contribution < -0.4 is 10.6 Å². The lowest BCUT2D eigenvalue weighted by molar-refractivity contribution is 0.0646. The van der Waals surface area contributed by atoms with E-state index < -0.39 is 0 Å². The Morgan fingerprint density at radius 1 is 1.17 bits per heavy atom. The Morgan fingerprint density at radius 3 is 2.55 bits per heavy atom. The highest BCUT2D eigenvalue weighted by atomic mass is 32.2. The van der Waals surface area contributed by atoms with Crippen LogP contribution in [0.2, 0.25) is 0 Å². The van der Waals surface area contributed by atoms with Gasteiger partial charge in [-0.15, -0.1) is 10.2 Å². The van der Waals surface area contributed by atoms with Crippen LogP contribution in [0.5, 0.6) is 0 Å². The molecule has 7 nitrogen and oxygen atoms in total. The van der Waals surface area contributed by atoms with Crippen molar-refractivity contribution in [1.29, 1.82) is 0 Å². The van der Waals surface area contributed by atoms with Crippen molar-refractivity contribution in [3.63, 3.8) is 0 Å². The van der Waals surface area contributed by atoms with Crippen molar-refractivity contribution in [2.45, 2.75) is 39.3 Å². The second kappa shape index (κ2) is 13.2. The normalized spacial score (nSPS) is 12.8. The summed E-state index contributed by atoms with van der Waals surface area (Å²) in [5.41, 5.74) is 1.21. The van der Waals surface area contributed by atoms with Crippen molar-refractivity contribution in [3.8, 4) is 0 Å². The minimum absolute atomic E-state index is 0.105. The number of nitrogens with zero attached hydrogens (tertiary/aromatic N) is 4. The zero-order chi connectivity index (χ0) is 20.9. The van der Waals surface area contributed by atoms with Gasteiger partial charge in [0.25, 0.3) is 0 Å². The molecule has 2 N–H and O–H groups in total. The first-order chi connectivity index (χ1) is 14.1. The number of thioether (sulfide) groups is 1. The molecule has 1 unspecified atom stereocenters. The number of nitrogens with one attached hydrogen (secondary N) is 2. The lowest BCUT2D eigenvalue weighted by Gasteiger charge is -2.15. The Bertz CT molecular complexity index is 734. The number of guanidine groups is 1. The zero-order valence-electron chi connectivity index (χ0n) is 18.0. The van der Waals surface area contributed by atoms with Crippen LogP contribution in [0.1, 0.15) is 43.1 Å². The summed E-state index contributed by atoms with van der Waals surface area (Å²) >= 11 is 1.86. The number of aryl methyl sites for hydroxylation is 1. The number of benzene rings is 1. The lowest BCUT2D eigenvalue weighted by atomic mass is 10.1. The fourth-order valence-corrected chi connectivity index (χ4v) is 3.13. The van der Waals surface area contributed by atoms with E-state index in [0.717, 1.165) is 49.3 Å². The summed E-state index contributed by atoms with van der Waals surface area (Å²) in [7, 11) is 1.96. The van der Waals surface area contributed by atoms with Crippen molar-refractivity contribution in [2.75, 3.05) is 31.7 Å². The quantitative estimate of drug-likeness (QED) is 0.313. The van der Waals surface area contributed by atoms with Gasteiger partial charge in [0.1, 0.15) is 12.4 Å². The standard InChI is InChI=1S/C21H34N6OS/c1-17(19-10-6-5-7-11-19)28-14-8-12-22-21(23-13-9-15-29-4)24-16-20-26-25-18(2)27(20)3/h5-7,10-11,17H,8-9,12-16H2,1-4H3,(H2,22,23,24). The van der Waals surface area contributed by atoms with Crippen LogP contribution in [-0.2, 0) is 18.3 Å². The minimum atomic E-state index is 0.105. The van der Waals surface area contributed by atoms with Crippen LogP contribution >= 0.6 is 11.8 Å². The van der Waals surface area contributed by atoms with E-state index in [1.165, 1.54) is 5.56 Å². The van der Waals surface area contributed by atoms with Gasteiger partial charge in [-0.3, -0.25) is 0 Å². The van der Waals surface area contributed by atoms with Gasteiger partial charge >= 0.3 is 0 Å².